The van der Waals surface area contributed by atoms with Crippen LogP contribution in [0.25, 0.3) is 0 Å². The second-order valence-corrected chi connectivity index (χ2v) is 4.80. The van der Waals surface area contributed by atoms with Gasteiger partial charge >= 0.3 is 0 Å². The Bertz CT molecular complexity index is 397. The first-order chi connectivity index (χ1) is 8.65. The third-order valence-corrected chi connectivity index (χ3v) is 2.95. The molecule has 1 saturated carbocycles. The van der Waals surface area contributed by atoms with E-state index < -0.39 is 0 Å². The van der Waals surface area contributed by atoms with Crippen molar-refractivity contribution < 1.29 is 9.53 Å². The minimum Gasteiger partial charge on any atom is -0.493 e. The SMILES string of the molecule is C[C@@H](N)c1ccc(OCCC(=O)NC2CC2)cc1. The quantitative estimate of drug-likeness (QED) is 0.806. The molecular weight excluding hydrogens is 228 g/mol. The van der Waals surface area contributed by atoms with Crippen molar-refractivity contribution in [3.05, 3.63) is 29.8 Å². The molecule has 2 rings (SSSR count). The maximum Gasteiger partial charge on any atom is 0.223 e. The summed E-state index contributed by atoms with van der Waals surface area (Å²) in [5.41, 5.74) is 6.84. The molecule has 1 aromatic carbocycles. The van der Waals surface area contributed by atoms with Crippen LogP contribution in [0, 0.1) is 0 Å². The fourth-order valence-corrected chi connectivity index (χ4v) is 1.66. The zero-order chi connectivity index (χ0) is 13.0. The van der Waals surface area contributed by atoms with E-state index in [2.05, 4.69) is 5.32 Å². The van der Waals surface area contributed by atoms with E-state index in [1.807, 2.05) is 31.2 Å². The zero-order valence-corrected chi connectivity index (χ0v) is 10.7. The molecule has 1 aromatic rings. The third kappa shape index (κ3) is 4.04. The van der Waals surface area contributed by atoms with Gasteiger partial charge in [-0.15, -0.1) is 0 Å². The smallest absolute Gasteiger partial charge is 0.223 e. The molecule has 0 aromatic heterocycles. The molecule has 98 valence electrons. The average molecular weight is 248 g/mol. The van der Waals surface area contributed by atoms with E-state index in [9.17, 15) is 4.79 Å². The molecule has 0 unspecified atom stereocenters. The van der Waals surface area contributed by atoms with E-state index in [1.165, 1.54) is 0 Å². The van der Waals surface area contributed by atoms with Crippen LogP contribution in [0.4, 0.5) is 0 Å². The van der Waals surface area contributed by atoms with Gasteiger partial charge in [-0.25, -0.2) is 0 Å². The summed E-state index contributed by atoms with van der Waals surface area (Å²) in [6.45, 7) is 2.36. The summed E-state index contributed by atoms with van der Waals surface area (Å²) < 4.78 is 5.51. The average Bonchev–Trinajstić information content (AvgIpc) is 3.13. The highest BCUT2D eigenvalue weighted by Crippen LogP contribution is 2.19. The van der Waals surface area contributed by atoms with Crippen LogP contribution in [0.15, 0.2) is 24.3 Å². The summed E-state index contributed by atoms with van der Waals surface area (Å²) in [7, 11) is 0. The highest BCUT2D eigenvalue weighted by molar-refractivity contribution is 5.76. The molecule has 1 amide bonds. The molecule has 1 fully saturated rings. The number of nitrogens with one attached hydrogen (secondary N) is 1. The van der Waals surface area contributed by atoms with Crippen LogP contribution in [0.1, 0.15) is 37.8 Å². The van der Waals surface area contributed by atoms with Gasteiger partial charge in [-0.2, -0.15) is 0 Å². The summed E-state index contributed by atoms with van der Waals surface area (Å²) >= 11 is 0. The number of ether oxygens (including phenoxy) is 1. The van der Waals surface area contributed by atoms with Crippen molar-refractivity contribution in [1.29, 1.82) is 0 Å². The third-order valence-electron chi connectivity index (χ3n) is 2.95. The topological polar surface area (TPSA) is 64.3 Å². The van der Waals surface area contributed by atoms with Gasteiger partial charge in [0, 0.05) is 12.1 Å². The van der Waals surface area contributed by atoms with E-state index in [-0.39, 0.29) is 11.9 Å². The van der Waals surface area contributed by atoms with Crippen molar-refractivity contribution in [2.75, 3.05) is 6.61 Å². The molecule has 0 radical (unpaired) electrons. The molecule has 0 aliphatic heterocycles. The molecule has 1 aliphatic carbocycles. The number of carbonyl (C=O) groups excluding carboxylic acids is 1. The van der Waals surface area contributed by atoms with Gasteiger partial charge in [0.2, 0.25) is 5.91 Å². The fourth-order valence-electron chi connectivity index (χ4n) is 1.66. The van der Waals surface area contributed by atoms with E-state index in [0.29, 0.717) is 19.1 Å². The maximum absolute atomic E-state index is 11.4. The molecular formula is C14H20N2O2. The highest BCUT2D eigenvalue weighted by atomic mass is 16.5. The van der Waals surface area contributed by atoms with Crippen molar-refractivity contribution in [3.63, 3.8) is 0 Å². The lowest BCUT2D eigenvalue weighted by Crippen LogP contribution is -2.26. The normalized spacial score (nSPS) is 16.1. The number of carbonyl (C=O) groups is 1. The largest absolute Gasteiger partial charge is 0.493 e. The molecule has 1 aliphatic rings. The Morgan fingerprint density at radius 2 is 2.11 bits per heavy atom. The molecule has 4 nitrogen and oxygen atoms in total. The minimum atomic E-state index is 0.0309. The number of rotatable bonds is 6. The number of benzene rings is 1. The van der Waals surface area contributed by atoms with Crippen LogP contribution >= 0.6 is 0 Å². The maximum atomic E-state index is 11.4. The molecule has 0 bridgehead atoms. The Hall–Kier alpha value is -1.55. The lowest BCUT2D eigenvalue weighted by Gasteiger charge is -2.09. The van der Waals surface area contributed by atoms with Gasteiger partial charge in [0.25, 0.3) is 0 Å². The summed E-state index contributed by atoms with van der Waals surface area (Å²) in [6, 6.07) is 8.12. The summed E-state index contributed by atoms with van der Waals surface area (Å²) in [4.78, 5) is 11.4. The zero-order valence-electron chi connectivity index (χ0n) is 10.7. The van der Waals surface area contributed by atoms with Gasteiger partial charge in [-0.1, -0.05) is 12.1 Å². The number of hydrogen-bond acceptors (Lipinski definition) is 3. The summed E-state index contributed by atoms with van der Waals surface area (Å²) in [5.74, 6) is 0.850. The van der Waals surface area contributed by atoms with Crippen LogP contribution in [0.3, 0.4) is 0 Å². The molecule has 0 heterocycles. The number of hydrogen-bond donors (Lipinski definition) is 2. The molecule has 0 saturated heterocycles. The van der Waals surface area contributed by atoms with Crippen LogP contribution in [0.2, 0.25) is 0 Å². The van der Waals surface area contributed by atoms with Crippen molar-refractivity contribution in [2.24, 2.45) is 5.73 Å². The Balaban J connectivity index is 1.70. The number of nitrogens with two attached hydrogens (primary N) is 1. The van der Waals surface area contributed by atoms with Gasteiger partial charge in [0.1, 0.15) is 5.75 Å². The molecule has 3 N–H and O–H groups in total. The first kappa shape index (κ1) is 12.9. The first-order valence-corrected chi connectivity index (χ1v) is 6.43. The molecule has 1 atom stereocenters. The van der Waals surface area contributed by atoms with Crippen molar-refractivity contribution in [2.45, 2.75) is 38.3 Å². The van der Waals surface area contributed by atoms with Gasteiger partial charge in [0.15, 0.2) is 0 Å². The van der Waals surface area contributed by atoms with E-state index >= 15 is 0 Å². The Kier molecular flexibility index (Phi) is 4.20. The lowest BCUT2D eigenvalue weighted by molar-refractivity contribution is -0.121. The van der Waals surface area contributed by atoms with Crippen LogP contribution in [-0.2, 0) is 4.79 Å². The predicted molar refractivity (Wildman–Crippen MR) is 70.3 cm³/mol. The van der Waals surface area contributed by atoms with Crippen molar-refractivity contribution in [3.8, 4) is 5.75 Å². The van der Waals surface area contributed by atoms with E-state index in [0.717, 1.165) is 24.2 Å². The highest BCUT2D eigenvalue weighted by Gasteiger charge is 2.22. The minimum absolute atomic E-state index is 0.0309. The van der Waals surface area contributed by atoms with E-state index in [1.54, 1.807) is 0 Å². The second-order valence-electron chi connectivity index (χ2n) is 4.80. The fraction of sp³-hybridized carbons (Fsp3) is 0.500. The standard InChI is InChI=1S/C14H20N2O2/c1-10(15)11-2-6-13(7-3-11)18-9-8-14(17)16-12-4-5-12/h2-3,6-7,10,12H,4-5,8-9,15H2,1H3,(H,16,17)/t10-/m1/s1. The van der Waals surface area contributed by atoms with Crippen molar-refractivity contribution in [1.82, 2.24) is 5.32 Å². The Labute approximate surface area is 108 Å². The summed E-state index contributed by atoms with van der Waals surface area (Å²) in [6.07, 6.45) is 2.64. The summed E-state index contributed by atoms with van der Waals surface area (Å²) in [5, 5.41) is 2.93. The monoisotopic (exact) mass is 248 g/mol. The molecule has 0 spiro atoms. The lowest BCUT2D eigenvalue weighted by atomic mass is 10.1. The van der Waals surface area contributed by atoms with E-state index in [4.69, 9.17) is 10.5 Å². The first-order valence-electron chi connectivity index (χ1n) is 6.43. The van der Waals surface area contributed by atoms with Gasteiger partial charge in [0.05, 0.1) is 13.0 Å². The predicted octanol–water partition coefficient (Wildman–Crippen LogP) is 1.75. The number of amides is 1. The van der Waals surface area contributed by atoms with Gasteiger partial charge in [-0.3, -0.25) is 4.79 Å². The molecule has 18 heavy (non-hydrogen) atoms. The van der Waals surface area contributed by atoms with Crippen LogP contribution < -0.4 is 15.8 Å². The molecule has 4 heteroatoms. The van der Waals surface area contributed by atoms with Crippen LogP contribution in [0.5, 0.6) is 5.75 Å². The Morgan fingerprint density at radius 3 is 2.67 bits per heavy atom. The van der Waals surface area contributed by atoms with Gasteiger partial charge < -0.3 is 15.8 Å². The van der Waals surface area contributed by atoms with Gasteiger partial charge in [-0.05, 0) is 37.5 Å². The Morgan fingerprint density at radius 1 is 1.44 bits per heavy atom. The second kappa shape index (κ2) is 5.87. The van der Waals surface area contributed by atoms with Crippen molar-refractivity contribution >= 4 is 5.91 Å². The van der Waals surface area contributed by atoms with Crippen LogP contribution in [-0.4, -0.2) is 18.6 Å².